The van der Waals surface area contributed by atoms with Crippen LogP contribution < -0.4 is 0 Å². The highest BCUT2D eigenvalue weighted by Crippen LogP contribution is 2.41. The predicted octanol–water partition coefficient (Wildman–Crippen LogP) is 3.09. The number of aromatic nitrogens is 2. The predicted molar refractivity (Wildman–Crippen MR) is 79.9 cm³/mol. The molecule has 1 heterocycles. The van der Waals surface area contributed by atoms with Crippen molar-refractivity contribution in [2.24, 2.45) is 0 Å². The maximum Gasteiger partial charge on any atom is 0.272 e. The molecule has 1 fully saturated rings. The highest BCUT2D eigenvalue weighted by molar-refractivity contribution is 5.93. The molecule has 108 valence electrons. The molecule has 4 heteroatoms. The van der Waals surface area contributed by atoms with Crippen LogP contribution in [-0.2, 0) is 6.42 Å². The Labute approximate surface area is 124 Å². The Morgan fingerprint density at radius 3 is 2.81 bits per heavy atom. The van der Waals surface area contributed by atoms with Crippen LogP contribution in [0.4, 0.5) is 0 Å². The van der Waals surface area contributed by atoms with E-state index in [0.717, 1.165) is 32.1 Å². The minimum absolute atomic E-state index is 0.0942. The van der Waals surface area contributed by atoms with Crippen LogP contribution in [0.3, 0.4) is 0 Å². The summed E-state index contributed by atoms with van der Waals surface area (Å²) in [6.07, 6.45) is 7.24. The SMILES string of the molecule is O=C(c1ccn[nH]1)N(C1CC1)C1CCCc2ccccc21. The Hall–Kier alpha value is -2.10. The number of rotatable bonds is 3. The summed E-state index contributed by atoms with van der Waals surface area (Å²) >= 11 is 0. The van der Waals surface area contributed by atoms with Gasteiger partial charge in [0.2, 0.25) is 0 Å². The lowest BCUT2D eigenvalue weighted by atomic mass is 9.86. The van der Waals surface area contributed by atoms with E-state index in [1.807, 2.05) is 0 Å². The molecule has 2 aromatic rings. The zero-order valence-corrected chi connectivity index (χ0v) is 12.0. The number of hydrogen-bond acceptors (Lipinski definition) is 2. The quantitative estimate of drug-likeness (QED) is 0.939. The Morgan fingerprint density at radius 2 is 2.05 bits per heavy atom. The van der Waals surface area contributed by atoms with Crippen LogP contribution in [0, 0.1) is 0 Å². The topological polar surface area (TPSA) is 49.0 Å². The van der Waals surface area contributed by atoms with Crippen LogP contribution in [0.1, 0.15) is 53.3 Å². The summed E-state index contributed by atoms with van der Waals surface area (Å²) in [5, 5.41) is 6.74. The molecule has 4 rings (SSSR count). The second kappa shape index (κ2) is 5.02. The third-order valence-electron chi connectivity index (χ3n) is 4.58. The van der Waals surface area contributed by atoms with Crippen molar-refractivity contribution >= 4 is 5.91 Å². The number of H-pyrrole nitrogens is 1. The molecule has 2 aliphatic carbocycles. The van der Waals surface area contributed by atoms with E-state index in [1.54, 1.807) is 12.3 Å². The first-order valence-corrected chi connectivity index (χ1v) is 7.74. The molecule has 4 nitrogen and oxygen atoms in total. The number of nitrogens with one attached hydrogen (secondary N) is 1. The summed E-state index contributed by atoms with van der Waals surface area (Å²) in [6.45, 7) is 0. The van der Waals surface area contributed by atoms with E-state index in [2.05, 4.69) is 39.4 Å². The van der Waals surface area contributed by atoms with Gasteiger partial charge in [-0.2, -0.15) is 5.10 Å². The molecule has 21 heavy (non-hydrogen) atoms. The molecule has 2 aliphatic rings. The van der Waals surface area contributed by atoms with Crippen molar-refractivity contribution in [2.45, 2.75) is 44.2 Å². The number of fused-ring (bicyclic) bond motifs is 1. The van der Waals surface area contributed by atoms with Gasteiger partial charge in [0, 0.05) is 12.2 Å². The van der Waals surface area contributed by atoms with Crippen molar-refractivity contribution in [3.8, 4) is 0 Å². The Balaban J connectivity index is 1.71. The molecule has 1 N–H and O–H groups in total. The molecule has 0 bridgehead atoms. The fourth-order valence-electron chi connectivity index (χ4n) is 3.45. The maximum absolute atomic E-state index is 12.9. The number of amides is 1. The average molecular weight is 281 g/mol. The third-order valence-corrected chi connectivity index (χ3v) is 4.58. The van der Waals surface area contributed by atoms with E-state index >= 15 is 0 Å². The summed E-state index contributed by atoms with van der Waals surface area (Å²) in [4.78, 5) is 15.0. The van der Waals surface area contributed by atoms with Crippen LogP contribution in [-0.4, -0.2) is 27.0 Å². The largest absolute Gasteiger partial charge is 0.327 e. The smallest absolute Gasteiger partial charge is 0.272 e. The molecular weight excluding hydrogens is 262 g/mol. The minimum Gasteiger partial charge on any atom is -0.327 e. The molecule has 0 spiro atoms. The summed E-state index contributed by atoms with van der Waals surface area (Å²) in [6, 6.07) is 11.0. The Kier molecular flexibility index (Phi) is 3.02. The second-order valence-electron chi connectivity index (χ2n) is 6.02. The highest BCUT2D eigenvalue weighted by atomic mass is 16.2. The molecule has 1 aromatic carbocycles. The molecule has 0 saturated heterocycles. The molecule has 1 atom stereocenters. The number of nitrogens with zero attached hydrogens (tertiary/aromatic N) is 2. The first-order chi connectivity index (χ1) is 10.3. The number of aromatic amines is 1. The van der Waals surface area contributed by atoms with E-state index in [1.165, 1.54) is 11.1 Å². The van der Waals surface area contributed by atoms with E-state index in [9.17, 15) is 4.79 Å². The van der Waals surface area contributed by atoms with Crippen LogP contribution in [0.25, 0.3) is 0 Å². The number of carbonyl (C=O) groups excluding carboxylic acids is 1. The van der Waals surface area contributed by atoms with E-state index < -0.39 is 0 Å². The van der Waals surface area contributed by atoms with Gasteiger partial charge in [-0.1, -0.05) is 24.3 Å². The lowest BCUT2D eigenvalue weighted by Crippen LogP contribution is -2.38. The minimum atomic E-state index is 0.0942. The first kappa shape index (κ1) is 12.6. The summed E-state index contributed by atoms with van der Waals surface area (Å²) in [7, 11) is 0. The lowest BCUT2D eigenvalue weighted by molar-refractivity contribution is 0.0631. The Bertz CT molecular complexity index is 646. The standard InChI is InChI=1S/C17H19N3O/c21-17(15-10-11-18-19-15)20(13-8-9-13)16-7-3-5-12-4-1-2-6-14(12)16/h1-2,4,6,10-11,13,16H,3,5,7-9H2,(H,18,19). The van der Waals surface area contributed by atoms with Crippen molar-refractivity contribution in [3.63, 3.8) is 0 Å². The van der Waals surface area contributed by atoms with Gasteiger partial charge >= 0.3 is 0 Å². The number of hydrogen-bond donors (Lipinski definition) is 1. The maximum atomic E-state index is 12.9. The number of aryl methyl sites for hydroxylation is 1. The van der Waals surface area contributed by atoms with Crippen molar-refractivity contribution in [1.82, 2.24) is 15.1 Å². The van der Waals surface area contributed by atoms with Gasteiger partial charge in [0.15, 0.2) is 0 Å². The molecule has 1 unspecified atom stereocenters. The van der Waals surface area contributed by atoms with Crippen LogP contribution in [0.15, 0.2) is 36.5 Å². The van der Waals surface area contributed by atoms with Crippen molar-refractivity contribution in [3.05, 3.63) is 53.3 Å². The molecule has 0 aliphatic heterocycles. The zero-order chi connectivity index (χ0) is 14.2. The van der Waals surface area contributed by atoms with E-state index in [-0.39, 0.29) is 11.9 Å². The van der Waals surface area contributed by atoms with Gasteiger partial charge in [-0.25, -0.2) is 0 Å². The zero-order valence-electron chi connectivity index (χ0n) is 12.0. The van der Waals surface area contributed by atoms with Crippen molar-refractivity contribution in [1.29, 1.82) is 0 Å². The molecular formula is C17H19N3O. The highest BCUT2D eigenvalue weighted by Gasteiger charge is 2.40. The number of benzene rings is 1. The van der Waals surface area contributed by atoms with Crippen molar-refractivity contribution < 1.29 is 4.79 Å². The van der Waals surface area contributed by atoms with Crippen LogP contribution in [0.2, 0.25) is 0 Å². The summed E-state index contributed by atoms with van der Waals surface area (Å²) in [5.74, 6) is 0.0942. The third kappa shape index (κ3) is 2.24. The van der Waals surface area contributed by atoms with Gasteiger partial charge in [-0.15, -0.1) is 0 Å². The second-order valence-corrected chi connectivity index (χ2v) is 6.02. The molecule has 1 aromatic heterocycles. The number of carbonyl (C=O) groups is 1. The van der Waals surface area contributed by atoms with Gasteiger partial charge in [0.1, 0.15) is 5.69 Å². The monoisotopic (exact) mass is 281 g/mol. The van der Waals surface area contributed by atoms with Gasteiger partial charge in [-0.3, -0.25) is 9.89 Å². The normalized spacial score (nSPS) is 20.9. The van der Waals surface area contributed by atoms with E-state index in [0.29, 0.717) is 11.7 Å². The fraction of sp³-hybridized carbons (Fsp3) is 0.412. The van der Waals surface area contributed by atoms with Crippen molar-refractivity contribution in [2.75, 3.05) is 0 Å². The first-order valence-electron chi connectivity index (χ1n) is 7.74. The van der Waals surface area contributed by atoms with E-state index in [4.69, 9.17) is 0 Å². The summed E-state index contributed by atoms with van der Waals surface area (Å²) in [5.41, 5.74) is 3.34. The fourth-order valence-corrected chi connectivity index (χ4v) is 3.45. The van der Waals surface area contributed by atoms with Crippen LogP contribution >= 0.6 is 0 Å². The van der Waals surface area contributed by atoms with Gasteiger partial charge in [-0.05, 0) is 49.3 Å². The molecule has 1 amide bonds. The van der Waals surface area contributed by atoms with Gasteiger partial charge in [0.05, 0.1) is 6.04 Å². The van der Waals surface area contributed by atoms with Crippen LogP contribution in [0.5, 0.6) is 0 Å². The molecule has 1 saturated carbocycles. The molecule has 0 radical (unpaired) electrons. The summed E-state index contributed by atoms with van der Waals surface area (Å²) < 4.78 is 0. The Morgan fingerprint density at radius 1 is 1.19 bits per heavy atom. The average Bonchev–Trinajstić information content (AvgIpc) is 3.20. The lowest BCUT2D eigenvalue weighted by Gasteiger charge is -2.36. The van der Waals surface area contributed by atoms with Gasteiger partial charge < -0.3 is 4.90 Å². The van der Waals surface area contributed by atoms with Gasteiger partial charge in [0.25, 0.3) is 5.91 Å².